The van der Waals surface area contributed by atoms with Gasteiger partial charge in [-0.2, -0.15) is 0 Å². The Morgan fingerprint density at radius 3 is 2.78 bits per heavy atom. The highest BCUT2D eigenvalue weighted by Crippen LogP contribution is 2.33. The first-order valence-electron chi connectivity index (χ1n) is 7.79. The Hall–Kier alpha value is -2.14. The molecule has 0 bridgehead atoms. The molecule has 5 heteroatoms. The maximum absolute atomic E-state index is 12.9. The Bertz CT molecular complexity index is 779. The number of nitrogens with zero attached hydrogens (tertiary/aromatic N) is 1. The molecule has 0 saturated heterocycles. The van der Waals surface area contributed by atoms with Crippen LogP contribution in [0.5, 0.6) is 0 Å². The number of hydrogen-bond acceptors (Lipinski definition) is 3. The van der Waals surface area contributed by atoms with Gasteiger partial charge < -0.3 is 10.0 Å². The molecule has 0 radical (unpaired) electrons. The van der Waals surface area contributed by atoms with Gasteiger partial charge in [0.05, 0.1) is 10.4 Å². The second-order valence-corrected chi connectivity index (χ2v) is 6.88. The molecule has 0 unspecified atom stereocenters. The number of hydrogen-bond donors (Lipinski definition) is 1. The predicted molar refractivity (Wildman–Crippen MR) is 91.8 cm³/mol. The zero-order valence-corrected chi connectivity index (χ0v) is 14.1. The van der Waals surface area contributed by atoms with Crippen LogP contribution in [0, 0.1) is 6.92 Å². The number of aryl methyl sites for hydroxylation is 2. The van der Waals surface area contributed by atoms with E-state index in [9.17, 15) is 14.7 Å². The fraction of sp³-hybridized carbons (Fsp3) is 0.333. The molecule has 1 aliphatic rings. The van der Waals surface area contributed by atoms with Gasteiger partial charge in [-0.25, -0.2) is 4.79 Å². The van der Waals surface area contributed by atoms with Gasteiger partial charge in [0.2, 0.25) is 0 Å². The smallest absolute Gasteiger partial charge is 0.336 e. The summed E-state index contributed by atoms with van der Waals surface area (Å²) in [5, 5.41) is 9.35. The second-order valence-electron chi connectivity index (χ2n) is 5.74. The monoisotopic (exact) mass is 329 g/mol. The van der Waals surface area contributed by atoms with E-state index >= 15 is 0 Å². The molecule has 23 heavy (non-hydrogen) atoms. The lowest BCUT2D eigenvalue weighted by Gasteiger charge is -2.30. The SMILES string of the molecule is CCc1sc(C(=O)N2CCCc3c(C(=O)O)cccc32)cc1C. The molecule has 1 amide bonds. The van der Waals surface area contributed by atoms with Crippen LogP contribution in [0.3, 0.4) is 0 Å². The van der Waals surface area contributed by atoms with Crippen molar-refractivity contribution in [3.05, 3.63) is 50.7 Å². The minimum absolute atomic E-state index is 0.0266. The van der Waals surface area contributed by atoms with Crippen LogP contribution in [0.1, 0.15) is 49.4 Å². The van der Waals surface area contributed by atoms with Crippen molar-refractivity contribution in [2.75, 3.05) is 11.4 Å². The fourth-order valence-electron chi connectivity index (χ4n) is 3.15. The van der Waals surface area contributed by atoms with Crippen molar-refractivity contribution < 1.29 is 14.7 Å². The lowest BCUT2D eigenvalue weighted by Crippen LogP contribution is -2.35. The normalized spacial score (nSPS) is 13.7. The van der Waals surface area contributed by atoms with Crippen molar-refractivity contribution in [3.8, 4) is 0 Å². The number of carboxylic acids is 1. The van der Waals surface area contributed by atoms with E-state index in [1.165, 1.54) is 16.2 Å². The molecule has 3 rings (SSSR count). The lowest BCUT2D eigenvalue weighted by atomic mass is 9.96. The zero-order valence-electron chi connectivity index (χ0n) is 13.3. The maximum atomic E-state index is 12.9. The molecule has 0 atom stereocenters. The van der Waals surface area contributed by atoms with Crippen molar-refractivity contribution in [2.45, 2.75) is 33.1 Å². The summed E-state index contributed by atoms with van der Waals surface area (Å²) in [5.41, 5.74) is 2.96. The summed E-state index contributed by atoms with van der Waals surface area (Å²) in [5.74, 6) is -0.960. The van der Waals surface area contributed by atoms with Gasteiger partial charge in [0.15, 0.2) is 0 Å². The van der Waals surface area contributed by atoms with Crippen molar-refractivity contribution in [1.82, 2.24) is 0 Å². The summed E-state index contributed by atoms with van der Waals surface area (Å²) >= 11 is 1.54. The van der Waals surface area contributed by atoms with Crippen LogP contribution in [0.2, 0.25) is 0 Å². The molecule has 1 N–H and O–H groups in total. The van der Waals surface area contributed by atoms with Gasteiger partial charge in [0.25, 0.3) is 5.91 Å². The van der Waals surface area contributed by atoms with Crippen molar-refractivity contribution >= 4 is 28.9 Å². The molecule has 2 heterocycles. The first-order chi connectivity index (χ1) is 11.0. The van der Waals surface area contributed by atoms with Crippen LogP contribution in [0.25, 0.3) is 0 Å². The molecule has 0 spiro atoms. The molecule has 1 aliphatic heterocycles. The van der Waals surface area contributed by atoms with Gasteiger partial charge in [-0.05, 0) is 55.5 Å². The van der Waals surface area contributed by atoms with Crippen LogP contribution >= 0.6 is 11.3 Å². The molecular formula is C18H19NO3S. The van der Waals surface area contributed by atoms with Gasteiger partial charge >= 0.3 is 5.97 Å². The zero-order chi connectivity index (χ0) is 16.6. The number of carboxylic acid groups (broad SMARTS) is 1. The molecule has 0 fully saturated rings. The van der Waals surface area contributed by atoms with E-state index in [1.807, 2.05) is 19.1 Å². The summed E-state index contributed by atoms with van der Waals surface area (Å²) < 4.78 is 0. The number of aromatic carboxylic acids is 1. The highest BCUT2D eigenvalue weighted by Gasteiger charge is 2.27. The summed E-state index contributed by atoms with van der Waals surface area (Å²) in [4.78, 5) is 28.0. The van der Waals surface area contributed by atoms with E-state index in [0.717, 1.165) is 34.5 Å². The summed E-state index contributed by atoms with van der Waals surface area (Å²) in [6.45, 7) is 4.74. The van der Waals surface area contributed by atoms with E-state index in [4.69, 9.17) is 0 Å². The van der Waals surface area contributed by atoms with E-state index < -0.39 is 5.97 Å². The number of thiophene rings is 1. The highest BCUT2D eigenvalue weighted by molar-refractivity contribution is 7.14. The van der Waals surface area contributed by atoms with Gasteiger partial charge in [-0.1, -0.05) is 13.0 Å². The Morgan fingerprint density at radius 1 is 1.35 bits per heavy atom. The minimum atomic E-state index is -0.934. The Balaban J connectivity index is 2.01. The third-order valence-corrected chi connectivity index (χ3v) is 5.65. The van der Waals surface area contributed by atoms with E-state index in [0.29, 0.717) is 18.5 Å². The molecular weight excluding hydrogens is 310 g/mol. The van der Waals surface area contributed by atoms with Crippen LogP contribution in [0.15, 0.2) is 24.3 Å². The first-order valence-corrected chi connectivity index (χ1v) is 8.61. The van der Waals surface area contributed by atoms with E-state index in [-0.39, 0.29) is 5.91 Å². The van der Waals surface area contributed by atoms with Crippen molar-refractivity contribution in [1.29, 1.82) is 0 Å². The molecule has 4 nitrogen and oxygen atoms in total. The first kappa shape index (κ1) is 15.7. The quantitative estimate of drug-likeness (QED) is 0.929. The molecule has 0 saturated carbocycles. The molecule has 1 aromatic carbocycles. The Labute approximate surface area is 139 Å². The molecule has 120 valence electrons. The minimum Gasteiger partial charge on any atom is -0.478 e. The van der Waals surface area contributed by atoms with Gasteiger partial charge in [0.1, 0.15) is 0 Å². The summed E-state index contributed by atoms with van der Waals surface area (Å²) in [7, 11) is 0. The van der Waals surface area contributed by atoms with Gasteiger partial charge in [-0.3, -0.25) is 4.79 Å². The number of fused-ring (bicyclic) bond motifs is 1. The number of anilines is 1. The molecule has 1 aromatic heterocycles. The average Bonchev–Trinajstić information content (AvgIpc) is 2.93. The van der Waals surface area contributed by atoms with E-state index in [1.54, 1.807) is 17.0 Å². The Kier molecular flexibility index (Phi) is 4.22. The van der Waals surface area contributed by atoms with Crippen LogP contribution < -0.4 is 4.90 Å². The third-order valence-electron chi connectivity index (χ3n) is 4.28. The fourth-order valence-corrected chi connectivity index (χ4v) is 4.21. The molecule has 2 aromatic rings. The summed E-state index contributed by atoms with van der Waals surface area (Å²) in [6, 6.07) is 7.12. The maximum Gasteiger partial charge on any atom is 0.336 e. The standard InChI is InChI=1S/C18H19NO3S/c1-3-15-11(2)10-16(23-15)17(20)19-9-5-7-12-13(18(21)22)6-4-8-14(12)19/h4,6,8,10H,3,5,7,9H2,1-2H3,(H,21,22). The van der Waals surface area contributed by atoms with Crippen molar-refractivity contribution in [2.24, 2.45) is 0 Å². The number of rotatable bonds is 3. The van der Waals surface area contributed by atoms with E-state index in [2.05, 4.69) is 6.92 Å². The van der Waals surface area contributed by atoms with Crippen LogP contribution in [-0.2, 0) is 12.8 Å². The topological polar surface area (TPSA) is 57.6 Å². The van der Waals surface area contributed by atoms with Crippen LogP contribution in [0.4, 0.5) is 5.69 Å². The predicted octanol–water partition coefficient (Wildman–Crippen LogP) is 3.91. The number of benzene rings is 1. The van der Waals surface area contributed by atoms with Gasteiger partial charge in [-0.15, -0.1) is 11.3 Å². The lowest BCUT2D eigenvalue weighted by molar-refractivity contribution is 0.0695. The number of amides is 1. The summed E-state index contributed by atoms with van der Waals surface area (Å²) in [6.07, 6.45) is 2.41. The third kappa shape index (κ3) is 2.77. The van der Waals surface area contributed by atoms with Gasteiger partial charge in [0, 0.05) is 17.1 Å². The highest BCUT2D eigenvalue weighted by atomic mass is 32.1. The second kappa shape index (κ2) is 6.16. The van der Waals surface area contributed by atoms with Crippen LogP contribution in [-0.4, -0.2) is 23.5 Å². The number of carbonyl (C=O) groups excluding carboxylic acids is 1. The Morgan fingerprint density at radius 2 is 2.13 bits per heavy atom. The average molecular weight is 329 g/mol. The number of carbonyl (C=O) groups is 2. The molecule has 0 aliphatic carbocycles. The van der Waals surface area contributed by atoms with Crippen molar-refractivity contribution in [3.63, 3.8) is 0 Å². The largest absolute Gasteiger partial charge is 0.478 e.